The molecule has 1 heterocycles. The number of hydrogen-bond acceptors (Lipinski definition) is 8. The van der Waals surface area contributed by atoms with Crippen LogP contribution >= 0.6 is 0 Å². The van der Waals surface area contributed by atoms with Crippen molar-refractivity contribution in [2.75, 3.05) is 65.0 Å². The molecule has 198 valence electrons. The molecule has 1 aliphatic rings. The number of para-hydroxylation sites is 2. The summed E-state index contributed by atoms with van der Waals surface area (Å²) in [6.45, 7) is 3.22. The van der Waals surface area contributed by atoms with E-state index in [1.165, 1.54) is 0 Å². The highest BCUT2D eigenvalue weighted by Gasteiger charge is 2.37. The standard InChI is InChI=1S/C28H37N7O2.H2/c1-34(2)17-9-15-31-21-13-7-5-11-19(21)25(29)23-24(28(37)33-27(23)36)26(30)20-12-6-8-14-22(20)32-16-10-18-35(3)4;/h5-8,11-14,29-32H,9-10,15-18H2,1-4H3,(H,33,36,37);1H. The third kappa shape index (κ3) is 7.12. The van der Waals surface area contributed by atoms with Crippen molar-refractivity contribution in [2.45, 2.75) is 12.8 Å². The second-order valence-corrected chi connectivity index (χ2v) is 9.54. The number of anilines is 2. The van der Waals surface area contributed by atoms with Crippen LogP contribution < -0.4 is 16.0 Å². The largest absolute Gasteiger partial charge is 0.384 e. The van der Waals surface area contributed by atoms with Gasteiger partial charge in [0.05, 0.1) is 22.6 Å². The van der Waals surface area contributed by atoms with Crippen LogP contribution in [0.5, 0.6) is 0 Å². The molecule has 0 unspecified atom stereocenters. The van der Waals surface area contributed by atoms with Crippen LogP contribution in [0.15, 0.2) is 59.7 Å². The average Bonchev–Trinajstić information content (AvgIpc) is 3.17. The topological polar surface area (TPSA) is 124 Å². The van der Waals surface area contributed by atoms with Crippen LogP contribution in [0.3, 0.4) is 0 Å². The number of carbonyl (C=O) groups is 2. The van der Waals surface area contributed by atoms with Crippen molar-refractivity contribution in [1.82, 2.24) is 15.1 Å². The van der Waals surface area contributed by atoms with Crippen LogP contribution in [0.4, 0.5) is 11.4 Å². The number of nitrogens with zero attached hydrogens (tertiary/aromatic N) is 2. The molecule has 37 heavy (non-hydrogen) atoms. The molecule has 2 amide bonds. The summed E-state index contributed by atoms with van der Waals surface area (Å²) in [5.41, 5.74) is 2.09. The molecule has 0 bridgehead atoms. The molecular weight excluding hydrogens is 466 g/mol. The van der Waals surface area contributed by atoms with Crippen LogP contribution in [0.25, 0.3) is 0 Å². The molecule has 0 aromatic heterocycles. The van der Waals surface area contributed by atoms with Crippen LogP contribution in [-0.4, -0.2) is 87.4 Å². The van der Waals surface area contributed by atoms with Gasteiger partial charge in [-0.2, -0.15) is 0 Å². The predicted octanol–water partition coefficient (Wildman–Crippen LogP) is 3.05. The Kier molecular flexibility index (Phi) is 9.71. The fourth-order valence-electron chi connectivity index (χ4n) is 4.15. The summed E-state index contributed by atoms with van der Waals surface area (Å²) in [6, 6.07) is 14.5. The summed E-state index contributed by atoms with van der Waals surface area (Å²) in [7, 11) is 8.05. The van der Waals surface area contributed by atoms with Gasteiger partial charge in [0.1, 0.15) is 0 Å². The molecule has 9 nitrogen and oxygen atoms in total. The Morgan fingerprint density at radius 2 is 1.11 bits per heavy atom. The Bertz CT molecular complexity index is 1120. The minimum atomic E-state index is -0.659. The Hall–Kier alpha value is -3.82. The van der Waals surface area contributed by atoms with Gasteiger partial charge in [-0.15, -0.1) is 0 Å². The van der Waals surface area contributed by atoms with Crippen LogP contribution in [-0.2, 0) is 9.59 Å². The molecule has 0 aliphatic carbocycles. The fourth-order valence-corrected chi connectivity index (χ4v) is 4.15. The summed E-state index contributed by atoms with van der Waals surface area (Å²) < 4.78 is 0. The molecule has 0 saturated heterocycles. The van der Waals surface area contributed by atoms with Gasteiger partial charge < -0.3 is 20.4 Å². The lowest BCUT2D eigenvalue weighted by molar-refractivity contribution is -0.123. The van der Waals surface area contributed by atoms with Crippen molar-refractivity contribution < 1.29 is 11.0 Å². The fraction of sp³-hybridized carbons (Fsp3) is 0.357. The van der Waals surface area contributed by atoms with Gasteiger partial charge in [0.25, 0.3) is 11.8 Å². The first-order valence-corrected chi connectivity index (χ1v) is 12.4. The first-order chi connectivity index (χ1) is 17.7. The lowest BCUT2D eigenvalue weighted by atomic mass is 9.92. The van der Waals surface area contributed by atoms with Crippen LogP contribution in [0.2, 0.25) is 0 Å². The molecule has 5 N–H and O–H groups in total. The molecule has 9 heteroatoms. The highest BCUT2D eigenvalue weighted by molar-refractivity contribution is 6.45. The first-order valence-electron chi connectivity index (χ1n) is 12.4. The molecule has 0 spiro atoms. The Balaban J connectivity index is 0.00000507. The van der Waals surface area contributed by atoms with Crippen molar-refractivity contribution in [2.24, 2.45) is 0 Å². The van der Waals surface area contributed by atoms with E-state index in [2.05, 4.69) is 25.8 Å². The molecular formula is C28H39N7O2. The molecule has 0 fully saturated rings. The van der Waals surface area contributed by atoms with E-state index in [1.807, 2.05) is 52.5 Å². The number of carbonyl (C=O) groups excluding carboxylic acids is 2. The van der Waals surface area contributed by atoms with Gasteiger partial charge in [-0.05, 0) is 66.3 Å². The average molecular weight is 506 g/mol. The third-order valence-electron chi connectivity index (χ3n) is 6.02. The normalized spacial score (nSPS) is 13.4. The summed E-state index contributed by atoms with van der Waals surface area (Å²) in [5, 5.41) is 26.8. The number of rotatable bonds is 14. The van der Waals surface area contributed by atoms with E-state index in [-0.39, 0.29) is 24.0 Å². The Labute approximate surface area is 220 Å². The smallest absolute Gasteiger partial charge is 0.261 e. The maximum Gasteiger partial charge on any atom is 0.261 e. The summed E-state index contributed by atoms with van der Waals surface area (Å²) in [4.78, 5) is 30.0. The number of amides is 2. The molecule has 0 saturated carbocycles. The molecule has 0 radical (unpaired) electrons. The van der Waals surface area contributed by atoms with Crippen molar-refractivity contribution >= 4 is 34.6 Å². The Morgan fingerprint density at radius 1 is 0.730 bits per heavy atom. The van der Waals surface area contributed by atoms with Crippen molar-refractivity contribution in [3.05, 3.63) is 70.8 Å². The molecule has 1 aliphatic heterocycles. The summed E-state index contributed by atoms with van der Waals surface area (Å²) >= 11 is 0. The molecule has 0 atom stereocenters. The third-order valence-corrected chi connectivity index (χ3v) is 6.02. The van der Waals surface area contributed by atoms with E-state index < -0.39 is 11.8 Å². The highest BCUT2D eigenvalue weighted by Crippen LogP contribution is 2.27. The van der Waals surface area contributed by atoms with Crippen molar-refractivity contribution in [3.63, 3.8) is 0 Å². The molecule has 3 rings (SSSR count). The second-order valence-electron chi connectivity index (χ2n) is 9.54. The Morgan fingerprint density at radius 3 is 1.49 bits per heavy atom. The zero-order valence-electron chi connectivity index (χ0n) is 22.1. The lowest BCUT2D eigenvalue weighted by Gasteiger charge is -2.16. The van der Waals surface area contributed by atoms with E-state index >= 15 is 0 Å². The van der Waals surface area contributed by atoms with E-state index in [0.29, 0.717) is 35.6 Å². The van der Waals surface area contributed by atoms with Gasteiger partial charge in [-0.3, -0.25) is 25.7 Å². The number of nitrogens with one attached hydrogen (secondary N) is 5. The number of imide groups is 1. The number of benzene rings is 2. The lowest BCUT2D eigenvalue weighted by Crippen LogP contribution is -2.26. The van der Waals surface area contributed by atoms with Crippen molar-refractivity contribution in [3.8, 4) is 0 Å². The second kappa shape index (κ2) is 12.9. The van der Waals surface area contributed by atoms with E-state index in [9.17, 15) is 9.59 Å². The summed E-state index contributed by atoms with van der Waals surface area (Å²) in [6.07, 6.45) is 1.81. The number of hydrogen-bond donors (Lipinski definition) is 5. The molecule has 2 aromatic rings. The monoisotopic (exact) mass is 505 g/mol. The predicted molar refractivity (Wildman–Crippen MR) is 152 cm³/mol. The van der Waals surface area contributed by atoms with Gasteiger partial charge in [-0.25, -0.2) is 0 Å². The first kappa shape index (κ1) is 27.8. The highest BCUT2D eigenvalue weighted by atomic mass is 16.2. The van der Waals surface area contributed by atoms with Crippen molar-refractivity contribution in [1.29, 1.82) is 10.8 Å². The minimum Gasteiger partial charge on any atom is -0.384 e. The van der Waals surface area contributed by atoms with E-state index in [4.69, 9.17) is 10.8 Å². The maximum absolute atomic E-state index is 12.9. The molecule has 2 aromatic carbocycles. The van der Waals surface area contributed by atoms with Crippen LogP contribution in [0, 0.1) is 10.8 Å². The van der Waals surface area contributed by atoms with Gasteiger partial charge in [0.15, 0.2) is 0 Å². The van der Waals surface area contributed by atoms with Gasteiger partial charge in [0, 0.05) is 37.0 Å². The summed E-state index contributed by atoms with van der Waals surface area (Å²) in [5.74, 6) is -1.32. The quantitative estimate of drug-likeness (QED) is 0.153. The van der Waals surface area contributed by atoms with Gasteiger partial charge >= 0.3 is 0 Å². The maximum atomic E-state index is 12.9. The minimum absolute atomic E-state index is 0. The van der Waals surface area contributed by atoms with Gasteiger partial charge in [-0.1, -0.05) is 36.4 Å². The zero-order chi connectivity index (χ0) is 26.9. The van der Waals surface area contributed by atoms with Crippen LogP contribution in [0.1, 0.15) is 25.4 Å². The SMILES string of the molecule is CN(C)CCCNc1ccccc1C(=N)C1=C(C(=N)c2ccccc2NCCCN(C)C)C(=O)NC1=O.[HH]. The van der Waals surface area contributed by atoms with E-state index in [1.54, 1.807) is 24.3 Å². The zero-order valence-corrected chi connectivity index (χ0v) is 22.1. The van der Waals surface area contributed by atoms with Gasteiger partial charge in [0.2, 0.25) is 0 Å². The van der Waals surface area contributed by atoms with E-state index in [0.717, 1.165) is 25.9 Å².